The van der Waals surface area contributed by atoms with Gasteiger partial charge in [0, 0.05) is 29.9 Å². The molecule has 0 aliphatic rings. The van der Waals surface area contributed by atoms with Crippen LogP contribution in [0.5, 0.6) is 0 Å². The fourth-order valence-corrected chi connectivity index (χ4v) is 3.37. The molecular weight excluding hydrogens is 292 g/mol. The smallest absolute Gasteiger partial charge is 0.220 e. The van der Waals surface area contributed by atoms with Gasteiger partial charge >= 0.3 is 0 Å². The predicted octanol–water partition coefficient (Wildman–Crippen LogP) is 2.74. The Morgan fingerprint density at radius 1 is 1.60 bits per heavy atom. The lowest BCUT2D eigenvalue weighted by Gasteiger charge is -2.22. The summed E-state index contributed by atoms with van der Waals surface area (Å²) in [5.41, 5.74) is 0.291. The van der Waals surface area contributed by atoms with E-state index in [9.17, 15) is 9.90 Å². The first kappa shape index (κ1) is 17.5. The van der Waals surface area contributed by atoms with E-state index in [2.05, 4.69) is 15.7 Å². The van der Waals surface area contributed by atoms with Crippen LogP contribution in [-0.4, -0.2) is 33.9 Å². The summed E-state index contributed by atoms with van der Waals surface area (Å²) in [7, 11) is 0. The third-order valence-electron chi connectivity index (χ3n) is 2.84. The van der Waals surface area contributed by atoms with Crippen LogP contribution in [0.25, 0.3) is 0 Å². The fraction of sp³-hybridized carbons (Fsp3) is 0.714. The molecule has 1 rings (SSSR count). The molecule has 1 aromatic rings. The summed E-state index contributed by atoms with van der Waals surface area (Å²) in [4.78, 5) is 16.0. The molecule has 0 aliphatic carbocycles. The maximum atomic E-state index is 11.7. The number of rotatable bonds is 9. The first-order valence-electron chi connectivity index (χ1n) is 6.91. The molecule has 0 fully saturated rings. The molecule has 20 heavy (non-hydrogen) atoms. The highest BCUT2D eigenvalue weighted by Crippen LogP contribution is 2.15. The summed E-state index contributed by atoms with van der Waals surface area (Å²) in [5.74, 6) is 1.63. The van der Waals surface area contributed by atoms with E-state index < -0.39 is 5.60 Å². The molecular formula is C14H24N2O2S2. The summed E-state index contributed by atoms with van der Waals surface area (Å²) >= 11 is 3.37. The van der Waals surface area contributed by atoms with E-state index in [0.717, 1.165) is 28.6 Å². The van der Waals surface area contributed by atoms with E-state index in [1.807, 2.05) is 13.8 Å². The van der Waals surface area contributed by atoms with Crippen molar-refractivity contribution in [3.05, 3.63) is 16.1 Å². The van der Waals surface area contributed by atoms with Crippen LogP contribution in [0.4, 0.5) is 0 Å². The average molecular weight is 316 g/mol. The van der Waals surface area contributed by atoms with Crippen molar-refractivity contribution in [3.63, 3.8) is 0 Å². The number of carbonyl (C=O) groups excluding carboxylic acids is 1. The highest BCUT2D eigenvalue weighted by atomic mass is 32.2. The molecule has 0 bridgehead atoms. The second-order valence-electron chi connectivity index (χ2n) is 5.18. The third kappa shape index (κ3) is 7.26. The van der Waals surface area contributed by atoms with Crippen molar-refractivity contribution in [1.29, 1.82) is 0 Å². The number of carbonyl (C=O) groups is 1. The van der Waals surface area contributed by atoms with Crippen LogP contribution in [-0.2, 0) is 10.5 Å². The third-order valence-corrected chi connectivity index (χ3v) is 4.66. The zero-order valence-corrected chi connectivity index (χ0v) is 14.1. The van der Waals surface area contributed by atoms with E-state index in [0.29, 0.717) is 19.4 Å². The van der Waals surface area contributed by atoms with E-state index in [1.165, 1.54) is 0 Å². The first-order chi connectivity index (χ1) is 9.43. The molecule has 1 heterocycles. The number of aryl methyl sites for hydroxylation is 1. The van der Waals surface area contributed by atoms with Gasteiger partial charge in [0.2, 0.25) is 5.91 Å². The zero-order valence-electron chi connectivity index (χ0n) is 12.4. The monoisotopic (exact) mass is 316 g/mol. The van der Waals surface area contributed by atoms with Crippen molar-refractivity contribution in [2.24, 2.45) is 0 Å². The van der Waals surface area contributed by atoms with Crippen LogP contribution in [0.3, 0.4) is 0 Å². The Bertz CT molecular complexity index is 419. The van der Waals surface area contributed by atoms with E-state index in [-0.39, 0.29) is 5.91 Å². The van der Waals surface area contributed by atoms with Gasteiger partial charge in [-0.2, -0.15) is 11.8 Å². The van der Waals surface area contributed by atoms with Crippen LogP contribution in [0.1, 0.15) is 43.8 Å². The second kappa shape index (κ2) is 8.64. The lowest BCUT2D eigenvalue weighted by Crippen LogP contribution is -2.40. The van der Waals surface area contributed by atoms with E-state index >= 15 is 0 Å². The molecule has 0 saturated carbocycles. The molecule has 1 atom stereocenters. The summed E-state index contributed by atoms with van der Waals surface area (Å²) in [6.45, 7) is 6.10. The maximum absolute atomic E-state index is 11.7. The lowest BCUT2D eigenvalue weighted by atomic mass is 10.0. The standard InChI is InChI=1S/C14H24N2O2S2/c1-4-6-14(3,18)10-15-13(17)5-7-19-8-12-9-20-11(2)16-12/h9,18H,4-8,10H2,1-3H3,(H,15,17). The van der Waals surface area contributed by atoms with Crippen molar-refractivity contribution >= 4 is 29.0 Å². The Hall–Kier alpha value is -0.590. The van der Waals surface area contributed by atoms with Crippen LogP contribution in [0, 0.1) is 6.92 Å². The number of nitrogens with one attached hydrogen (secondary N) is 1. The minimum Gasteiger partial charge on any atom is -0.388 e. The second-order valence-corrected chi connectivity index (χ2v) is 7.35. The molecule has 0 spiro atoms. The van der Waals surface area contributed by atoms with Crippen molar-refractivity contribution in [2.45, 2.75) is 51.4 Å². The molecule has 4 nitrogen and oxygen atoms in total. The van der Waals surface area contributed by atoms with E-state index in [1.54, 1.807) is 30.0 Å². The van der Waals surface area contributed by atoms with Gasteiger partial charge < -0.3 is 10.4 Å². The summed E-state index contributed by atoms with van der Waals surface area (Å²) in [5, 5.41) is 15.9. The van der Waals surface area contributed by atoms with Crippen molar-refractivity contribution in [3.8, 4) is 0 Å². The van der Waals surface area contributed by atoms with Gasteiger partial charge in [0.05, 0.1) is 16.3 Å². The Balaban J connectivity index is 2.11. The molecule has 0 radical (unpaired) electrons. The molecule has 0 aromatic carbocycles. The summed E-state index contributed by atoms with van der Waals surface area (Å²) in [6.07, 6.45) is 2.09. The number of hydrogen-bond acceptors (Lipinski definition) is 5. The quantitative estimate of drug-likeness (QED) is 0.688. The van der Waals surface area contributed by atoms with Gasteiger partial charge in [0.15, 0.2) is 0 Å². The molecule has 114 valence electrons. The minimum atomic E-state index is -0.796. The van der Waals surface area contributed by atoms with Gasteiger partial charge in [0.1, 0.15) is 0 Å². The minimum absolute atomic E-state index is 0.00309. The van der Waals surface area contributed by atoms with Gasteiger partial charge in [-0.05, 0) is 20.3 Å². The number of thiazole rings is 1. The number of aromatic nitrogens is 1. The molecule has 2 N–H and O–H groups in total. The van der Waals surface area contributed by atoms with Crippen LogP contribution >= 0.6 is 23.1 Å². The summed E-state index contributed by atoms with van der Waals surface area (Å²) in [6, 6.07) is 0. The van der Waals surface area contributed by atoms with Gasteiger partial charge in [-0.15, -0.1) is 11.3 Å². The Kier molecular flexibility index (Phi) is 7.55. The topological polar surface area (TPSA) is 62.2 Å². The molecule has 1 amide bonds. The molecule has 0 aliphatic heterocycles. The number of thioether (sulfide) groups is 1. The largest absolute Gasteiger partial charge is 0.388 e. The number of aliphatic hydroxyl groups is 1. The van der Waals surface area contributed by atoms with Crippen LogP contribution < -0.4 is 5.32 Å². The lowest BCUT2D eigenvalue weighted by molar-refractivity contribution is -0.121. The van der Waals surface area contributed by atoms with Gasteiger partial charge in [-0.3, -0.25) is 4.79 Å². The van der Waals surface area contributed by atoms with Crippen molar-refractivity contribution in [1.82, 2.24) is 10.3 Å². The fourth-order valence-electron chi connectivity index (χ4n) is 1.82. The molecule has 6 heteroatoms. The molecule has 1 aromatic heterocycles. The highest BCUT2D eigenvalue weighted by Gasteiger charge is 2.19. The highest BCUT2D eigenvalue weighted by molar-refractivity contribution is 7.98. The SMILES string of the molecule is CCCC(C)(O)CNC(=O)CCSCc1csc(C)n1. The predicted molar refractivity (Wildman–Crippen MR) is 86.2 cm³/mol. The zero-order chi connectivity index (χ0) is 15.0. The van der Waals surface area contributed by atoms with Gasteiger partial charge in [0.25, 0.3) is 0 Å². The Morgan fingerprint density at radius 3 is 2.95 bits per heavy atom. The van der Waals surface area contributed by atoms with Crippen LogP contribution in [0.2, 0.25) is 0 Å². The number of amides is 1. The maximum Gasteiger partial charge on any atom is 0.220 e. The summed E-state index contributed by atoms with van der Waals surface area (Å²) < 4.78 is 0. The van der Waals surface area contributed by atoms with Crippen molar-refractivity contribution in [2.75, 3.05) is 12.3 Å². The Labute approximate surface area is 129 Å². The molecule has 1 unspecified atom stereocenters. The van der Waals surface area contributed by atoms with Gasteiger partial charge in [-0.1, -0.05) is 13.3 Å². The number of hydrogen-bond donors (Lipinski definition) is 2. The molecule has 0 saturated heterocycles. The Morgan fingerprint density at radius 2 is 2.35 bits per heavy atom. The van der Waals surface area contributed by atoms with Gasteiger partial charge in [-0.25, -0.2) is 4.98 Å². The normalized spacial score (nSPS) is 14.0. The average Bonchev–Trinajstić information content (AvgIpc) is 2.78. The van der Waals surface area contributed by atoms with Crippen LogP contribution in [0.15, 0.2) is 5.38 Å². The number of nitrogens with zero attached hydrogens (tertiary/aromatic N) is 1. The van der Waals surface area contributed by atoms with Crippen molar-refractivity contribution < 1.29 is 9.90 Å². The van der Waals surface area contributed by atoms with E-state index in [4.69, 9.17) is 0 Å². The first-order valence-corrected chi connectivity index (χ1v) is 8.94.